The first-order valence-corrected chi connectivity index (χ1v) is 13.8. The van der Waals surface area contributed by atoms with E-state index in [1.807, 2.05) is 20.9 Å². The highest BCUT2D eigenvalue weighted by Gasteiger charge is 2.33. The molecule has 0 heterocycles. The maximum atomic E-state index is 12.6. The third-order valence-electron chi connectivity index (χ3n) is 5.92. The molecule has 0 aromatic carbocycles. The van der Waals surface area contributed by atoms with Crippen LogP contribution in [-0.2, 0) is 42.9 Å². The third kappa shape index (κ3) is 20.8. The standard InChI is InChI=1S/C28H52N2O9/c1-26(2,11-20-39-27(3,4)10-12-29-5)30-25(34)9-19-38-24-28(21-35-16-6-13-31,22-36-17-7-14-32)23-37-18-8-15-33/h13-15,29H,6-12,16-24H2,1-5H3,(H,30,34). The molecule has 0 rings (SSSR count). The topological polar surface area (TPSA) is 138 Å². The van der Waals surface area contributed by atoms with Crippen molar-refractivity contribution in [1.82, 2.24) is 10.6 Å². The van der Waals surface area contributed by atoms with Gasteiger partial charge in [0.2, 0.25) is 5.91 Å². The van der Waals surface area contributed by atoms with Crippen LogP contribution in [-0.4, -0.2) is 109 Å². The number of carbonyl (C=O) groups excluding carboxylic acids is 4. The van der Waals surface area contributed by atoms with Gasteiger partial charge in [-0.15, -0.1) is 0 Å². The van der Waals surface area contributed by atoms with E-state index in [1.54, 1.807) is 0 Å². The molecule has 11 nitrogen and oxygen atoms in total. The molecule has 39 heavy (non-hydrogen) atoms. The Bertz CT molecular complexity index is 631. The van der Waals surface area contributed by atoms with Gasteiger partial charge in [-0.2, -0.15) is 0 Å². The molecule has 0 aliphatic rings. The first-order chi connectivity index (χ1) is 18.6. The van der Waals surface area contributed by atoms with Crippen LogP contribution in [0.15, 0.2) is 0 Å². The number of ether oxygens (including phenoxy) is 5. The molecule has 0 bridgehead atoms. The number of rotatable bonds is 28. The van der Waals surface area contributed by atoms with Crippen LogP contribution in [0.5, 0.6) is 0 Å². The van der Waals surface area contributed by atoms with Gasteiger partial charge in [-0.05, 0) is 54.1 Å². The third-order valence-corrected chi connectivity index (χ3v) is 5.92. The molecule has 228 valence electrons. The molecule has 0 saturated carbocycles. The summed E-state index contributed by atoms with van der Waals surface area (Å²) in [5, 5.41) is 6.17. The molecule has 0 saturated heterocycles. The molecule has 11 heteroatoms. The van der Waals surface area contributed by atoms with Crippen LogP contribution in [0.25, 0.3) is 0 Å². The Morgan fingerprint density at radius 3 is 1.59 bits per heavy atom. The van der Waals surface area contributed by atoms with Gasteiger partial charge in [-0.3, -0.25) is 4.79 Å². The number of hydrogen-bond donors (Lipinski definition) is 2. The summed E-state index contributed by atoms with van der Waals surface area (Å²) in [6, 6.07) is 0. The summed E-state index contributed by atoms with van der Waals surface area (Å²) in [5.41, 5.74) is -1.42. The van der Waals surface area contributed by atoms with E-state index in [1.165, 1.54) is 0 Å². The Balaban J connectivity index is 4.84. The highest BCUT2D eigenvalue weighted by atomic mass is 16.5. The maximum absolute atomic E-state index is 12.6. The average molecular weight is 561 g/mol. The van der Waals surface area contributed by atoms with Crippen molar-refractivity contribution in [1.29, 1.82) is 0 Å². The molecule has 0 unspecified atom stereocenters. The van der Waals surface area contributed by atoms with Gasteiger partial charge in [0.25, 0.3) is 0 Å². The Kier molecular flexibility index (Phi) is 21.0. The molecule has 0 radical (unpaired) electrons. The summed E-state index contributed by atoms with van der Waals surface area (Å²) in [7, 11) is 1.91. The predicted molar refractivity (Wildman–Crippen MR) is 148 cm³/mol. The van der Waals surface area contributed by atoms with Crippen molar-refractivity contribution in [2.75, 3.05) is 73.1 Å². The van der Waals surface area contributed by atoms with Crippen LogP contribution >= 0.6 is 0 Å². The van der Waals surface area contributed by atoms with E-state index in [9.17, 15) is 19.2 Å². The van der Waals surface area contributed by atoms with Gasteiger partial charge in [0.1, 0.15) is 18.9 Å². The van der Waals surface area contributed by atoms with Crippen molar-refractivity contribution in [3.05, 3.63) is 0 Å². The predicted octanol–water partition coefficient (Wildman–Crippen LogP) is 1.89. The van der Waals surface area contributed by atoms with E-state index in [-0.39, 0.29) is 90.0 Å². The lowest BCUT2D eigenvalue weighted by Gasteiger charge is -2.33. The summed E-state index contributed by atoms with van der Waals surface area (Å²) in [5.74, 6) is -0.133. The molecule has 0 aromatic rings. The maximum Gasteiger partial charge on any atom is 0.222 e. The van der Waals surface area contributed by atoms with Crippen molar-refractivity contribution in [3.8, 4) is 0 Å². The first kappa shape index (κ1) is 37.2. The van der Waals surface area contributed by atoms with Crippen molar-refractivity contribution in [2.24, 2.45) is 5.41 Å². The molecule has 0 fully saturated rings. The Morgan fingerprint density at radius 1 is 0.692 bits per heavy atom. The number of nitrogens with one attached hydrogen (secondary N) is 2. The van der Waals surface area contributed by atoms with Crippen molar-refractivity contribution >= 4 is 24.8 Å². The van der Waals surface area contributed by atoms with Crippen LogP contribution in [0, 0.1) is 5.41 Å². The summed E-state index contributed by atoms with van der Waals surface area (Å²) in [6.07, 6.45) is 4.80. The van der Waals surface area contributed by atoms with E-state index >= 15 is 0 Å². The highest BCUT2D eigenvalue weighted by Crippen LogP contribution is 2.22. The second-order valence-electron chi connectivity index (χ2n) is 11.0. The summed E-state index contributed by atoms with van der Waals surface area (Å²) >= 11 is 0. The van der Waals surface area contributed by atoms with E-state index in [0.717, 1.165) is 31.8 Å². The largest absolute Gasteiger partial charge is 0.380 e. The zero-order chi connectivity index (χ0) is 29.5. The summed E-state index contributed by atoms with van der Waals surface area (Å²) in [4.78, 5) is 44.6. The van der Waals surface area contributed by atoms with Crippen LogP contribution in [0.4, 0.5) is 0 Å². The fourth-order valence-electron chi connectivity index (χ4n) is 3.55. The van der Waals surface area contributed by atoms with Crippen molar-refractivity contribution < 1.29 is 42.9 Å². The van der Waals surface area contributed by atoms with E-state index < -0.39 is 11.0 Å². The number of amides is 1. The average Bonchev–Trinajstić information content (AvgIpc) is 2.88. The normalized spacial score (nSPS) is 12.3. The minimum atomic E-state index is -0.734. The van der Waals surface area contributed by atoms with Crippen LogP contribution < -0.4 is 10.6 Å². The lowest BCUT2D eigenvalue weighted by atomic mass is 9.92. The number of carbonyl (C=O) groups is 4. The zero-order valence-corrected chi connectivity index (χ0v) is 24.7. The molecule has 1 amide bonds. The van der Waals surface area contributed by atoms with Gasteiger partial charge in [-0.25, -0.2) is 0 Å². The molecule has 0 atom stereocenters. The molecule has 0 aliphatic heterocycles. The second-order valence-corrected chi connectivity index (χ2v) is 11.0. The van der Waals surface area contributed by atoms with Gasteiger partial charge in [0.15, 0.2) is 0 Å². The van der Waals surface area contributed by atoms with Gasteiger partial charge < -0.3 is 48.7 Å². The molecule has 0 spiro atoms. The lowest BCUT2D eigenvalue weighted by molar-refractivity contribution is -0.127. The fraction of sp³-hybridized carbons (Fsp3) is 0.857. The second kappa shape index (κ2) is 22.0. The van der Waals surface area contributed by atoms with E-state index in [0.29, 0.717) is 13.0 Å². The Hall–Kier alpha value is -1.76. The van der Waals surface area contributed by atoms with Crippen molar-refractivity contribution in [2.45, 2.75) is 77.4 Å². The fourth-order valence-corrected chi connectivity index (χ4v) is 3.55. The van der Waals surface area contributed by atoms with E-state index in [2.05, 4.69) is 24.5 Å². The molecular formula is C28H52N2O9. The number of aldehydes is 3. The first-order valence-electron chi connectivity index (χ1n) is 13.8. The quantitative estimate of drug-likeness (QED) is 0.108. The van der Waals surface area contributed by atoms with Crippen LogP contribution in [0.2, 0.25) is 0 Å². The minimum Gasteiger partial charge on any atom is -0.380 e. The Labute approximate surface area is 234 Å². The summed E-state index contributed by atoms with van der Waals surface area (Å²) < 4.78 is 28.9. The molecule has 0 aromatic heterocycles. The number of hydrogen-bond acceptors (Lipinski definition) is 10. The molecule has 0 aliphatic carbocycles. The molecule has 2 N–H and O–H groups in total. The Morgan fingerprint density at radius 2 is 1.15 bits per heavy atom. The van der Waals surface area contributed by atoms with Gasteiger partial charge in [0, 0.05) is 37.8 Å². The highest BCUT2D eigenvalue weighted by molar-refractivity contribution is 5.76. The SMILES string of the molecule is CNCCC(C)(C)OCCC(C)(C)NC(=O)CCOCC(COCCC=O)(COCCC=O)COCCC=O. The smallest absolute Gasteiger partial charge is 0.222 e. The lowest BCUT2D eigenvalue weighted by Crippen LogP contribution is -2.45. The zero-order valence-electron chi connectivity index (χ0n) is 24.7. The summed E-state index contributed by atoms with van der Waals surface area (Å²) in [6.45, 7) is 11.1. The van der Waals surface area contributed by atoms with Crippen LogP contribution in [0.1, 0.15) is 66.2 Å². The van der Waals surface area contributed by atoms with E-state index in [4.69, 9.17) is 23.7 Å². The minimum absolute atomic E-state index is 0.133. The van der Waals surface area contributed by atoms with Crippen molar-refractivity contribution in [3.63, 3.8) is 0 Å². The van der Waals surface area contributed by atoms with Crippen LogP contribution in [0.3, 0.4) is 0 Å². The van der Waals surface area contributed by atoms with Gasteiger partial charge in [0.05, 0.1) is 63.9 Å². The van der Waals surface area contributed by atoms with Gasteiger partial charge >= 0.3 is 0 Å². The molecular weight excluding hydrogens is 508 g/mol. The monoisotopic (exact) mass is 560 g/mol. The van der Waals surface area contributed by atoms with Gasteiger partial charge in [-0.1, -0.05) is 0 Å².